The van der Waals surface area contributed by atoms with E-state index in [2.05, 4.69) is 5.32 Å². The maximum atomic E-state index is 11.8. The first-order valence-corrected chi connectivity index (χ1v) is 6.22. The number of carbonyl (C=O) groups is 2. The highest BCUT2D eigenvalue weighted by atomic mass is 16.4. The lowest BCUT2D eigenvalue weighted by Crippen LogP contribution is -2.46. The van der Waals surface area contributed by atoms with Crippen molar-refractivity contribution in [2.45, 2.75) is 33.6 Å². The van der Waals surface area contributed by atoms with E-state index < -0.39 is 11.4 Å². The largest absolute Gasteiger partial charge is 0.481 e. The molecule has 0 radical (unpaired) electrons. The Kier molecular flexibility index (Phi) is 7.35. The second-order valence-electron chi connectivity index (χ2n) is 4.91. The zero-order valence-corrected chi connectivity index (χ0v) is 11.4. The number of hydrogen-bond acceptors (Lipinski definition) is 3. The predicted molar refractivity (Wildman–Crippen MR) is 68.4 cm³/mol. The van der Waals surface area contributed by atoms with Gasteiger partial charge in [0.15, 0.2) is 0 Å². The summed E-state index contributed by atoms with van der Waals surface area (Å²) in [5, 5.41) is 20.4. The molecule has 0 aromatic carbocycles. The molecule has 6 heteroatoms. The second-order valence-corrected chi connectivity index (χ2v) is 4.91. The molecule has 0 saturated carbocycles. The zero-order chi connectivity index (χ0) is 14.2. The third-order valence-corrected chi connectivity index (χ3v) is 2.70. The average molecular weight is 260 g/mol. The number of carboxylic acids is 1. The Morgan fingerprint density at radius 3 is 2.33 bits per heavy atom. The highest BCUT2D eigenvalue weighted by Crippen LogP contribution is 2.13. The van der Waals surface area contributed by atoms with E-state index >= 15 is 0 Å². The number of carboxylic acid groups (broad SMARTS) is 1. The first kappa shape index (κ1) is 16.7. The van der Waals surface area contributed by atoms with Crippen LogP contribution in [0.15, 0.2) is 0 Å². The summed E-state index contributed by atoms with van der Waals surface area (Å²) in [6.45, 7) is 5.92. The molecule has 0 aromatic heterocycles. The highest BCUT2D eigenvalue weighted by molar-refractivity contribution is 5.77. The topological polar surface area (TPSA) is 89.9 Å². The smallest absolute Gasteiger partial charge is 0.317 e. The van der Waals surface area contributed by atoms with E-state index in [-0.39, 0.29) is 25.7 Å². The number of aliphatic carboxylic acids is 1. The highest BCUT2D eigenvalue weighted by Gasteiger charge is 2.28. The third-order valence-electron chi connectivity index (χ3n) is 2.70. The fourth-order valence-electron chi connectivity index (χ4n) is 1.27. The van der Waals surface area contributed by atoms with Crippen molar-refractivity contribution in [3.8, 4) is 0 Å². The summed E-state index contributed by atoms with van der Waals surface area (Å²) in [4.78, 5) is 24.2. The molecule has 0 fully saturated rings. The molecule has 0 rings (SSSR count). The molecule has 0 saturated heterocycles. The summed E-state index contributed by atoms with van der Waals surface area (Å²) < 4.78 is 0. The molecular formula is C12H24N2O4. The van der Waals surface area contributed by atoms with Crippen LogP contribution in [0.3, 0.4) is 0 Å². The van der Waals surface area contributed by atoms with Gasteiger partial charge in [-0.1, -0.05) is 13.3 Å². The van der Waals surface area contributed by atoms with Gasteiger partial charge in [-0.05, 0) is 20.3 Å². The Hall–Kier alpha value is -1.30. The number of aliphatic hydroxyl groups excluding tert-OH is 1. The van der Waals surface area contributed by atoms with Crippen molar-refractivity contribution in [3.63, 3.8) is 0 Å². The Morgan fingerprint density at radius 1 is 1.28 bits per heavy atom. The van der Waals surface area contributed by atoms with E-state index in [0.717, 1.165) is 12.8 Å². The van der Waals surface area contributed by atoms with Crippen molar-refractivity contribution < 1.29 is 19.8 Å². The van der Waals surface area contributed by atoms with Crippen LogP contribution in [0.25, 0.3) is 0 Å². The molecular weight excluding hydrogens is 236 g/mol. The maximum absolute atomic E-state index is 11.8. The van der Waals surface area contributed by atoms with Crippen molar-refractivity contribution in [1.82, 2.24) is 10.2 Å². The molecule has 0 aliphatic carbocycles. The summed E-state index contributed by atoms with van der Waals surface area (Å²) in [5.41, 5.74) is -0.995. The zero-order valence-electron chi connectivity index (χ0n) is 11.4. The predicted octanol–water partition coefficient (Wildman–Crippen LogP) is 0.901. The van der Waals surface area contributed by atoms with Crippen LogP contribution in [-0.4, -0.2) is 53.4 Å². The van der Waals surface area contributed by atoms with Gasteiger partial charge in [-0.15, -0.1) is 0 Å². The summed E-state index contributed by atoms with van der Waals surface area (Å²) >= 11 is 0. The first-order chi connectivity index (χ1) is 8.35. The molecule has 2 amide bonds. The molecule has 0 unspecified atom stereocenters. The number of unbranched alkanes of at least 4 members (excludes halogenated alkanes) is 1. The van der Waals surface area contributed by atoms with Crippen LogP contribution in [0.1, 0.15) is 33.6 Å². The van der Waals surface area contributed by atoms with Crippen LogP contribution >= 0.6 is 0 Å². The van der Waals surface area contributed by atoms with Crippen LogP contribution in [-0.2, 0) is 4.79 Å². The van der Waals surface area contributed by atoms with Gasteiger partial charge in [0.2, 0.25) is 0 Å². The summed E-state index contributed by atoms with van der Waals surface area (Å²) in [6.07, 6.45) is 1.81. The Balaban J connectivity index is 4.29. The lowest BCUT2D eigenvalue weighted by molar-refractivity contribution is -0.146. The third kappa shape index (κ3) is 5.86. The van der Waals surface area contributed by atoms with Gasteiger partial charge in [0, 0.05) is 19.6 Å². The number of rotatable bonds is 8. The van der Waals surface area contributed by atoms with Gasteiger partial charge in [-0.2, -0.15) is 0 Å². The molecule has 106 valence electrons. The number of urea groups is 1. The summed E-state index contributed by atoms with van der Waals surface area (Å²) in [5.74, 6) is -0.954. The Bertz CT molecular complexity index is 279. The van der Waals surface area contributed by atoms with Crippen LogP contribution < -0.4 is 5.32 Å². The van der Waals surface area contributed by atoms with Gasteiger partial charge in [-0.3, -0.25) is 4.79 Å². The minimum atomic E-state index is -0.995. The van der Waals surface area contributed by atoms with Crippen LogP contribution in [0.4, 0.5) is 4.79 Å². The van der Waals surface area contributed by atoms with E-state index in [4.69, 9.17) is 10.2 Å². The molecule has 0 spiro atoms. The van der Waals surface area contributed by atoms with E-state index in [1.807, 2.05) is 6.92 Å². The lowest BCUT2D eigenvalue weighted by Gasteiger charge is -2.25. The average Bonchev–Trinajstić information content (AvgIpc) is 2.31. The van der Waals surface area contributed by atoms with Crippen molar-refractivity contribution >= 4 is 12.0 Å². The minimum absolute atomic E-state index is 0.0647. The molecule has 0 heterocycles. The fraction of sp³-hybridized carbons (Fsp3) is 0.833. The van der Waals surface area contributed by atoms with Crippen molar-refractivity contribution in [3.05, 3.63) is 0 Å². The molecule has 0 aromatic rings. The van der Waals surface area contributed by atoms with Gasteiger partial charge in [0.1, 0.15) is 0 Å². The number of hydrogen-bond donors (Lipinski definition) is 3. The van der Waals surface area contributed by atoms with Crippen LogP contribution in [0, 0.1) is 5.41 Å². The monoisotopic (exact) mass is 260 g/mol. The summed E-state index contributed by atoms with van der Waals surface area (Å²) in [7, 11) is 0. The molecule has 18 heavy (non-hydrogen) atoms. The number of carbonyl (C=O) groups excluding carboxylic acids is 1. The van der Waals surface area contributed by atoms with Gasteiger partial charge in [0.25, 0.3) is 0 Å². The number of aliphatic hydroxyl groups is 1. The quantitative estimate of drug-likeness (QED) is 0.605. The van der Waals surface area contributed by atoms with E-state index in [0.29, 0.717) is 6.54 Å². The van der Waals surface area contributed by atoms with Gasteiger partial charge in [-0.25, -0.2) is 4.79 Å². The van der Waals surface area contributed by atoms with Crippen LogP contribution in [0.5, 0.6) is 0 Å². The standard InChI is InChI=1S/C12H24N2O4/c1-4-5-6-14(7-8-15)11(18)13-9-12(2,3)10(16)17/h15H,4-9H2,1-3H3,(H,13,18)(H,16,17). The van der Waals surface area contributed by atoms with Gasteiger partial charge in [0.05, 0.1) is 12.0 Å². The Morgan fingerprint density at radius 2 is 1.89 bits per heavy atom. The SMILES string of the molecule is CCCCN(CCO)C(=O)NCC(C)(C)C(=O)O. The molecule has 0 atom stereocenters. The number of amides is 2. The maximum Gasteiger partial charge on any atom is 0.317 e. The molecule has 0 aliphatic heterocycles. The lowest BCUT2D eigenvalue weighted by atomic mass is 9.94. The fourth-order valence-corrected chi connectivity index (χ4v) is 1.27. The normalized spacial score (nSPS) is 11.1. The van der Waals surface area contributed by atoms with E-state index in [1.54, 1.807) is 13.8 Å². The van der Waals surface area contributed by atoms with Gasteiger partial charge >= 0.3 is 12.0 Å². The molecule has 0 bridgehead atoms. The van der Waals surface area contributed by atoms with Crippen LogP contribution in [0.2, 0.25) is 0 Å². The summed E-state index contributed by atoms with van der Waals surface area (Å²) in [6, 6.07) is -0.327. The van der Waals surface area contributed by atoms with Crippen molar-refractivity contribution in [2.24, 2.45) is 5.41 Å². The molecule has 6 nitrogen and oxygen atoms in total. The van der Waals surface area contributed by atoms with E-state index in [1.165, 1.54) is 4.90 Å². The minimum Gasteiger partial charge on any atom is -0.481 e. The first-order valence-electron chi connectivity index (χ1n) is 6.22. The number of nitrogens with zero attached hydrogens (tertiary/aromatic N) is 1. The van der Waals surface area contributed by atoms with Crippen molar-refractivity contribution in [2.75, 3.05) is 26.2 Å². The van der Waals surface area contributed by atoms with Gasteiger partial charge < -0.3 is 20.4 Å². The second kappa shape index (κ2) is 7.92. The molecule has 0 aliphatic rings. The molecule has 3 N–H and O–H groups in total. The van der Waals surface area contributed by atoms with E-state index in [9.17, 15) is 9.59 Å². The van der Waals surface area contributed by atoms with Crippen molar-refractivity contribution in [1.29, 1.82) is 0 Å². The number of nitrogens with one attached hydrogen (secondary N) is 1. The Labute approximate surface area is 108 Å².